The number of fused-ring (bicyclic) bond motifs is 1. The zero-order valence-electron chi connectivity index (χ0n) is 11.3. The van der Waals surface area contributed by atoms with Crippen molar-refractivity contribution in [1.29, 1.82) is 0 Å². The summed E-state index contributed by atoms with van der Waals surface area (Å²) in [6, 6.07) is 6.40. The van der Waals surface area contributed by atoms with Crippen LogP contribution in [0.2, 0.25) is 0 Å². The van der Waals surface area contributed by atoms with E-state index in [1.54, 1.807) is 0 Å². The Morgan fingerprint density at radius 3 is 2.58 bits per heavy atom. The molecule has 3 heteroatoms. The van der Waals surface area contributed by atoms with E-state index >= 15 is 0 Å². The fourth-order valence-electron chi connectivity index (χ4n) is 2.87. The highest BCUT2D eigenvalue weighted by molar-refractivity contribution is 6.07. The van der Waals surface area contributed by atoms with Gasteiger partial charge in [-0.25, -0.2) is 5.43 Å². The Balaban J connectivity index is 2.01. The molecule has 0 bridgehead atoms. The van der Waals surface area contributed by atoms with Crippen LogP contribution >= 0.6 is 0 Å². The summed E-state index contributed by atoms with van der Waals surface area (Å²) in [4.78, 5) is 11.9. The number of amides is 1. The molecule has 1 amide bonds. The fraction of sp³-hybridized carbons (Fsp3) is 0.375. The molecule has 2 atom stereocenters. The minimum Gasteiger partial charge on any atom is -0.273 e. The second-order valence-electron chi connectivity index (χ2n) is 5.43. The quantitative estimate of drug-likeness (QED) is 0.769. The number of hydrogen-bond acceptors (Lipinski definition) is 2. The molecule has 2 unspecified atom stereocenters. The molecule has 1 aliphatic heterocycles. The Hall–Kier alpha value is -1.90. The highest BCUT2D eigenvalue weighted by Gasteiger charge is 2.36. The van der Waals surface area contributed by atoms with Gasteiger partial charge in [-0.15, -0.1) is 0 Å². The van der Waals surface area contributed by atoms with Crippen molar-refractivity contribution in [2.24, 2.45) is 16.9 Å². The van der Waals surface area contributed by atoms with Crippen LogP contribution in [0, 0.1) is 25.7 Å². The number of nitrogens with one attached hydrogen (secondary N) is 1. The normalized spacial score (nSPS) is 25.6. The van der Waals surface area contributed by atoms with E-state index in [1.807, 2.05) is 0 Å². The maximum absolute atomic E-state index is 11.9. The van der Waals surface area contributed by atoms with E-state index in [2.05, 4.69) is 54.7 Å². The predicted molar refractivity (Wildman–Crippen MR) is 75.9 cm³/mol. The molecule has 0 saturated carbocycles. The van der Waals surface area contributed by atoms with E-state index in [0.29, 0.717) is 0 Å². The van der Waals surface area contributed by atoms with Gasteiger partial charge in [0, 0.05) is 5.92 Å². The van der Waals surface area contributed by atoms with Crippen LogP contribution in [0.25, 0.3) is 0 Å². The largest absolute Gasteiger partial charge is 0.273 e. The number of aryl methyl sites for hydroxylation is 2. The summed E-state index contributed by atoms with van der Waals surface area (Å²) in [6.45, 7) is 4.22. The van der Waals surface area contributed by atoms with Gasteiger partial charge in [0.15, 0.2) is 0 Å². The molecule has 1 heterocycles. The van der Waals surface area contributed by atoms with Crippen molar-refractivity contribution in [3.05, 3.63) is 47.0 Å². The molecule has 1 N–H and O–H groups in total. The lowest BCUT2D eigenvalue weighted by Crippen LogP contribution is -2.42. The summed E-state index contributed by atoms with van der Waals surface area (Å²) in [6.07, 6.45) is 5.99. The zero-order chi connectivity index (χ0) is 13.4. The van der Waals surface area contributed by atoms with E-state index in [0.717, 1.165) is 24.1 Å². The Kier molecular flexibility index (Phi) is 2.97. The van der Waals surface area contributed by atoms with Crippen molar-refractivity contribution in [1.82, 2.24) is 5.43 Å². The van der Waals surface area contributed by atoms with Crippen LogP contribution in [0.4, 0.5) is 0 Å². The molecule has 1 aromatic carbocycles. The Morgan fingerprint density at radius 2 is 1.84 bits per heavy atom. The van der Waals surface area contributed by atoms with Crippen LogP contribution in [0.15, 0.2) is 35.5 Å². The molecular weight excluding hydrogens is 236 g/mol. The number of benzene rings is 1. The van der Waals surface area contributed by atoms with E-state index in [-0.39, 0.29) is 17.7 Å². The lowest BCUT2D eigenvalue weighted by atomic mass is 9.76. The molecule has 1 aliphatic carbocycles. The third-order valence-corrected chi connectivity index (χ3v) is 4.21. The average Bonchev–Trinajstić information content (AvgIpc) is 2.43. The second-order valence-corrected chi connectivity index (χ2v) is 5.43. The van der Waals surface area contributed by atoms with Gasteiger partial charge >= 0.3 is 0 Å². The van der Waals surface area contributed by atoms with Gasteiger partial charge in [-0.05, 0) is 49.4 Å². The highest BCUT2D eigenvalue weighted by atomic mass is 16.2. The third kappa shape index (κ3) is 2.09. The first-order chi connectivity index (χ1) is 9.16. The molecule has 0 spiro atoms. The predicted octanol–water partition coefficient (Wildman–Crippen LogP) is 2.72. The van der Waals surface area contributed by atoms with Gasteiger partial charge in [0.05, 0.1) is 11.6 Å². The summed E-state index contributed by atoms with van der Waals surface area (Å²) in [5.41, 5.74) is 7.38. The van der Waals surface area contributed by atoms with Crippen molar-refractivity contribution in [3.63, 3.8) is 0 Å². The maximum Gasteiger partial charge on any atom is 0.244 e. The number of rotatable bonds is 1. The lowest BCUT2D eigenvalue weighted by molar-refractivity contribution is -0.126. The van der Waals surface area contributed by atoms with Crippen molar-refractivity contribution in [2.75, 3.05) is 0 Å². The van der Waals surface area contributed by atoms with Crippen LogP contribution in [0.5, 0.6) is 0 Å². The molecule has 1 aromatic rings. The molecule has 98 valence electrons. The van der Waals surface area contributed by atoms with Gasteiger partial charge in [0.2, 0.25) is 5.91 Å². The van der Waals surface area contributed by atoms with Crippen molar-refractivity contribution >= 4 is 11.6 Å². The van der Waals surface area contributed by atoms with Crippen LogP contribution in [-0.2, 0) is 4.79 Å². The summed E-state index contributed by atoms with van der Waals surface area (Å²) in [5, 5.41) is 4.32. The first-order valence-corrected chi connectivity index (χ1v) is 6.77. The Labute approximate surface area is 113 Å². The second kappa shape index (κ2) is 4.65. The first-order valence-electron chi connectivity index (χ1n) is 6.77. The van der Waals surface area contributed by atoms with Gasteiger partial charge in [0.25, 0.3) is 0 Å². The van der Waals surface area contributed by atoms with Crippen LogP contribution in [0.3, 0.4) is 0 Å². The van der Waals surface area contributed by atoms with Crippen LogP contribution in [-0.4, -0.2) is 11.6 Å². The summed E-state index contributed by atoms with van der Waals surface area (Å²) < 4.78 is 0. The number of carbonyl (C=O) groups excluding carboxylic acids is 1. The molecule has 3 rings (SSSR count). The highest BCUT2D eigenvalue weighted by Crippen LogP contribution is 2.32. The maximum atomic E-state index is 11.9. The Bertz CT molecular complexity index is 586. The number of hydrazone groups is 1. The summed E-state index contributed by atoms with van der Waals surface area (Å²) in [5.74, 6) is 0.321. The average molecular weight is 254 g/mol. The molecule has 0 radical (unpaired) electrons. The molecule has 19 heavy (non-hydrogen) atoms. The van der Waals surface area contributed by atoms with Crippen molar-refractivity contribution in [2.45, 2.75) is 26.7 Å². The fourth-order valence-corrected chi connectivity index (χ4v) is 2.87. The van der Waals surface area contributed by atoms with Crippen molar-refractivity contribution < 1.29 is 4.79 Å². The molecule has 0 fully saturated rings. The minimum absolute atomic E-state index is 0.0408. The third-order valence-electron chi connectivity index (χ3n) is 4.21. The van der Waals surface area contributed by atoms with E-state index in [9.17, 15) is 4.79 Å². The standard InChI is InChI=1S/C16H18N2O/c1-10-7-8-12(9-11(10)2)15-13-5-3-4-6-14(13)16(19)18-17-15/h3-4,7-9,13-14H,5-6H2,1-2H3,(H,18,19). The van der Waals surface area contributed by atoms with Gasteiger partial charge in [-0.2, -0.15) is 5.10 Å². The Morgan fingerprint density at radius 1 is 1.11 bits per heavy atom. The van der Waals surface area contributed by atoms with E-state index in [4.69, 9.17) is 0 Å². The monoisotopic (exact) mass is 254 g/mol. The van der Waals surface area contributed by atoms with Crippen molar-refractivity contribution in [3.8, 4) is 0 Å². The van der Waals surface area contributed by atoms with E-state index < -0.39 is 0 Å². The van der Waals surface area contributed by atoms with E-state index in [1.165, 1.54) is 11.1 Å². The molecule has 3 nitrogen and oxygen atoms in total. The number of allylic oxidation sites excluding steroid dienone is 2. The summed E-state index contributed by atoms with van der Waals surface area (Å²) in [7, 11) is 0. The summed E-state index contributed by atoms with van der Waals surface area (Å²) >= 11 is 0. The smallest absolute Gasteiger partial charge is 0.244 e. The number of nitrogens with zero attached hydrogens (tertiary/aromatic N) is 1. The zero-order valence-corrected chi connectivity index (χ0v) is 11.3. The minimum atomic E-state index is 0.0408. The number of hydrogen-bond donors (Lipinski definition) is 1. The van der Waals surface area contributed by atoms with Gasteiger partial charge in [-0.3, -0.25) is 4.79 Å². The number of carbonyl (C=O) groups is 1. The van der Waals surface area contributed by atoms with Crippen LogP contribution < -0.4 is 5.43 Å². The van der Waals surface area contributed by atoms with Gasteiger partial charge in [-0.1, -0.05) is 24.3 Å². The SMILES string of the molecule is Cc1ccc(C2=NNC(=O)C3CC=CCC23)cc1C. The first kappa shape index (κ1) is 12.2. The molecule has 2 aliphatic rings. The topological polar surface area (TPSA) is 41.5 Å². The van der Waals surface area contributed by atoms with Gasteiger partial charge in [0.1, 0.15) is 0 Å². The molecule has 0 saturated heterocycles. The van der Waals surface area contributed by atoms with Gasteiger partial charge < -0.3 is 0 Å². The molecule has 0 aromatic heterocycles. The van der Waals surface area contributed by atoms with Crippen LogP contribution in [0.1, 0.15) is 29.5 Å². The molecular formula is C16H18N2O. The lowest BCUT2D eigenvalue weighted by Gasteiger charge is -2.32.